The van der Waals surface area contributed by atoms with E-state index in [-0.39, 0.29) is 11.4 Å². The maximum atomic E-state index is 12.4. The first-order valence-corrected chi connectivity index (χ1v) is 7.16. The monoisotopic (exact) mass is 281 g/mol. The summed E-state index contributed by atoms with van der Waals surface area (Å²) in [6.45, 7) is 3.41. The van der Waals surface area contributed by atoms with Gasteiger partial charge in [-0.2, -0.15) is 0 Å². The van der Waals surface area contributed by atoms with Gasteiger partial charge >= 0.3 is 0 Å². The summed E-state index contributed by atoms with van der Waals surface area (Å²) in [7, 11) is -3.72. The number of hydrogen-bond donors (Lipinski definition) is 2. The minimum atomic E-state index is -3.72. The molecule has 102 valence electrons. The highest BCUT2D eigenvalue weighted by molar-refractivity contribution is 7.92. The van der Waals surface area contributed by atoms with Crippen LogP contribution in [0.4, 0.5) is 5.69 Å². The van der Waals surface area contributed by atoms with E-state index in [1.54, 1.807) is 26.0 Å². The summed E-state index contributed by atoms with van der Waals surface area (Å²) in [5.41, 5.74) is 6.53. The molecule has 0 saturated heterocycles. The second-order valence-corrected chi connectivity index (χ2v) is 5.69. The Kier molecular flexibility index (Phi) is 3.59. The Morgan fingerprint density at radius 3 is 2.47 bits per heavy atom. The molecule has 6 nitrogen and oxygen atoms in total. The van der Waals surface area contributed by atoms with Gasteiger partial charge in [0.2, 0.25) is 0 Å². The molecule has 2 heterocycles. The van der Waals surface area contributed by atoms with Crippen LogP contribution in [0, 0.1) is 13.8 Å². The van der Waals surface area contributed by atoms with Crippen LogP contribution in [0.15, 0.2) is 33.8 Å². The fourth-order valence-corrected chi connectivity index (χ4v) is 3.44. The van der Waals surface area contributed by atoms with Crippen LogP contribution in [0.3, 0.4) is 0 Å². The van der Waals surface area contributed by atoms with Crippen molar-refractivity contribution in [3.8, 4) is 0 Å². The van der Waals surface area contributed by atoms with Gasteiger partial charge in [0, 0.05) is 24.5 Å². The fraction of sp³-hybridized carbons (Fsp3) is 0.250. The van der Waals surface area contributed by atoms with E-state index in [4.69, 9.17) is 10.2 Å². The van der Waals surface area contributed by atoms with E-state index in [1.165, 1.54) is 12.4 Å². The zero-order valence-corrected chi connectivity index (χ0v) is 11.5. The molecular formula is C12H15N3O3S. The first-order chi connectivity index (χ1) is 8.95. The van der Waals surface area contributed by atoms with Crippen LogP contribution in [0.25, 0.3) is 0 Å². The molecule has 3 N–H and O–H groups in total. The van der Waals surface area contributed by atoms with Gasteiger partial charge in [-0.15, -0.1) is 0 Å². The molecule has 0 spiro atoms. The minimum absolute atomic E-state index is 0.107. The van der Waals surface area contributed by atoms with Gasteiger partial charge in [0.15, 0.2) is 0 Å². The van der Waals surface area contributed by atoms with E-state index in [0.29, 0.717) is 22.8 Å². The van der Waals surface area contributed by atoms with Crippen LogP contribution in [-0.4, -0.2) is 13.4 Å². The minimum Gasteiger partial charge on any atom is -0.465 e. The molecule has 19 heavy (non-hydrogen) atoms. The lowest BCUT2D eigenvalue weighted by molar-refractivity contribution is 0.494. The standard InChI is InChI=1S/C12H15N3O3S/c1-8-11(7-13)12(9(2)18-8)19(16,17)15-10-3-5-14-6-4-10/h3-6H,7,13H2,1-2H3,(H,14,15). The van der Waals surface area contributed by atoms with Crippen LogP contribution in [-0.2, 0) is 16.6 Å². The molecule has 2 aromatic rings. The van der Waals surface area contributed by atoms with Gasteiger partial charge in [-0.25, -0.2) is 8.42 Å². The van der Waals surface area contributed by atoms with E-state index in [0.717, 1.165) is 0 Å². The molecule has 0 fully saturated rings. The SMILES string of the molecule is Cc1oc(C)c(S(=O)(=O)Nc2ccncc2)c1CN. The number of furan rings is 1. The normalized spacial score (nSPS) is 11.5. The largest absolute Gasteiger partial charge is 0.465 e. The molecule has 0 aliphatic rings. The lowest BCUT2D eigenvalue weighted by Gasteiger charge is -2.08. The first-order valence-electron chi connectivity index (χ1n) is 5.67. The van der Waals surface area contributed by atoms with Crippen molar-refractivity contribution < 1.29 is 12.8 Å². The summed E-state index contributed by atoms with van der Waals surface area (Å²) < 4.78 is 32.6. The summed E-state index contributed by atoms with van der Waals surface area (Å²) >= 11 is 0. The molecule has 2 aromatic heterocycles. The highest BCUT2D eigenvalue weighted by Gasteiger charge is 2.26. The molecule has 0 saturated carbocycles. The molecule has 2 rings (SSSR count). The summed E-state index contributed by atoms with van der Waals surface area (Å²) in [5.74, 6) is 0.856. The molecule has 0 radical (unpaired) electrons. The molecule has 0 aromatic carbocycles. The van der Waals surface area contributed by atoms with Crippen LogP contribution in [0.5, 0.6) is 0 Å². The van der Waals surface area contributed by atoms with Crippen LogP contribution < -0.4 is 10.5 Å². The number of aromatic nitrogens is 1. The van der Waals surface area contributed by atoms with Gasteiger partial charge in [0.1, 0.15) is 16.4 Å². The molecule has 0 aliphatic heterocycles. The predicted octanol–water partition coefficient (Wildman–Crippen LogP) is 1.55. The van der Waals surface area contributed by atoms with Crippen molar-refractivity contribution in [2.45, 2.75) is 25.3 Å². The van der Waals surface area contributed by atoms with Crippen LogP contribution in [0.1, 0.15) is 17.1 Å². The number of sulfonamides is 1. The second kappa shape index (κ2) is 5.02. The Morgan fingerprint density at radius 2 is 1.89 bits per heavy atom. The summed E-state index contributed by atoms with van der Waals surface area (Å²) in [6, 6.07) is 3.14. The third kappa shape index (κ3) is 2.61. The number of nitrogens with zero attached hydrogens (tertiary/aromatic N) is 1. The smallest absolute Gasteiger partial charge is 0.265 e. The maximum Gasteiger partial charge on any atom is 0.265 e. The van der Waals surface area contributed by atoms with Crippen molar-refractivity contribution >= 4 is 15.7 Å². The number of aryl methyl sites for hydroxylation is 2. The van der Waals surface area contributed by atoms with E-state index < -0.39 is 10.0 Å². The second-order valence-electron chi connectivity index (χ2n) is 4.07. The average molecular weight is 281 g/mol. The van der Waals surface area contributed by atoms with Crippen molar-refractivity contribution in [1.29, 1.82) is 0 Å². The zero-order chi connectivity index (χ0) is 14.0. The fourth-order valence-electron chi connectivity index (χ4n) is 1.92. The van der Waals surface area contributed by atoms with Gasteiger partial charge in [0.25, 0.3) is 10.0 Å². The van der Waals surface area contributed by atoms with Crippen molar-refractivity contribution in [3.05, 3.63) is 41.6 Å². The Balaban J connectivity index is 2.46. The van der Waals surface area contributed by atoms with Crippen molar-refractivity contribution in [2.75, 3.05) is 4.72 Å². The first kappa shape index (κ1) is 13.6. The predicted molar refractivity (Wildman–Crippen MR) is 71.1 cm³/mol. The highest BCUT2D eigenvalue weighted by atomic mass is 32.2. The molecule has 0 bridgehead atoms. The van der Waals surface area contributed by atoms with E-state index in [1.807, 2.05) is 0 Å². The number of pyridine rings is 1. The van der Waals surface area contributed by atoms with Crippen LogP contribution in [0.2, 0.25) is 0 Å². The van der Waals surface area contributed by atoms with Crippen LogP contribution >= 0.6 is 0 Å². The lowest BCUT2D eigenvalue weighted by atomic mass is 10.2. The van der Waals surface area contributed by atoms with Gasteiger partial charge in [-0.05, 0) is 26.0 Å². The van der Waals surface area contributed by atoms with Gasteiger partial charge in [0.05, 0.1) is 5.69 Å². The van der Waals surface area contributed by atoms with E-state index in [9.17, 15) is 8.42 Å². The van der Waals surface area contributed by atoms with Gasteiger partial charge in [-0.3, -0.25) is 9.71 Å². The molecule has 0 aliphatic carbocycles. The Labute approximate surface area is 111 Å². The highest BCUT2D eigenvalue weighted by Crippen LogP contribution is 2.27. The molecule has 0 unspecified atom stereocenters. The number of rotatable bonds is 4. The van der Waals surface area contributed by atoms with Gasteiger partial charge < -0.3 is 10.2 Å². The topological polar surface area (TPSA) is 98.2 Å². The zero-order valence-electron chi connectivity index (χ0n) is 10.7. The quantitative estimate of drug-likeness (QED) is 0.886. The molecular weight excluding hydrogens is 266 g/mol. The van der Waals surface area contributed by atoms with Crippen molar-refractivity contribution in [1.82, 2.24) is 4.98 Å². The maximum absolute atomic E-state index is 12.4. The Hall–Kier alpha value is -1.86. The molecule has 0 atom stereocenters. The number of nitrogens with one attached hydrogen (secondary N) is 1. The Morgan fingerprint density at radius 1 is 1.26 bits per heavy atom. The van der Waals surface area contributed by atoms with E-state index in [2.05, 4.69) is 9.71 Å². The Bertz CT molecular complexity index is 678. The number of hydrogen-bond acceptors (Lipinski definition) is 5. The summed E-state index contributed by atoms with van der Waals surface area (Å²) in [5, 5.41) is 0. The van der Waals surface area contributed by atoms with E-state index >= 15 is 0 Å². The van der Waals surface area contributed by atoms with Gasteiger partial charge in [-0.1, -0.05) is 0 Å². The third-order valence-corrected chi connectivity index (χ3v) is 4.31. The number of anilines is 1. The summed E-state index contributed by atoms with van der Waals surface area (Å²) in [4.78, 5) is 3.95. The van der Waals surface area contributed by atoms with Crippen molar-refractivity contribution in [2.24, 2.45) is 5.73 Å². The number of nitrogens with two attached hydrogens (primary N) is 1. The van der Waals surface area contributed by atoms with Crippen molar-refractivity contribution in [3.63, 3.8) is 0 Å². The summed E-state index contributed by atoms with van der Waals surface area (Å²) in [6.07, 6.45) is 3.02. The molecule has 7 heteroatoms. The molecule has 0 amide bonds. The lowest BCUT2D eigenvalue weighted by Crippen LogP contribution is -2.16. The third-order valence-electron chi connectivity index (χ3n) is 2.73. The average Bonchev–Trinajstić information content (AvgIpc) is 2.64.